The van der Waals surface area contributed by atoms with Gasteiger partial charge in [-0.05, 0) is 24.6 Å². The number of anilines is 2. The van der Waals surface area contributed by atoms with Crippen LogP contribution in [-0.2, 0) is 14.8 Å². The quantitative estimate of drug-likeness (QED) is 0.531. The van der Waals surface area contributed by atoms with Crippen molar-refractivity contribution in [2.75, 3.05) is 23.0 Å². The van der Waals surface area contributed by atoms with Crippen molar-refractivity contribution in [3.63, 3.8) is 0 Å². The van der Waals surface area contributed by atoms with Crippen molar-refractivity contribution in [3.8, 4) is 5.75 Å². The van der Waals surface area contributed by atoms with Crippen LogP contribution in [0.4, 0.5) is 17.1 Å². The third-order valence-corrected chi connectivity index (χ3v) is 5.14. The lowest BCUT2D eigenvalue weighted by Gasteiger charge is -2.30. The van der Waals surface area contributed by atoms with E-state index in [9.17, 15) is 23.3 Å². The van der Waals surface area contributed by atoms with E-state index in [1.807, 2.05) is 0 Å². The maximum absolute atomic E-state index is 12.8. The van der Waals surface area contributed by atoms with Gasteiger partial charge in [-0.1, -0.05) is 19.1 Å². The smallest absolute Gasteiger partial charge is 0.271 e. The summed E-state index contributed by atoms with van der Waals surface area (Å²) in [4.78, 5) is 23.2. The van der Waals surface area contributed by atoms with Crippen LogP contribution >= 0.6 is 0 Å². The molecule has 1 amide bonds. The Bertz CT molecular complexity index is 977. The second-order valence-corrected chi connectivity index (χ2v) is 7.84. The van der Waals surface area contributed by atoms with Crippen LogP contribution in [0.1, 0.15) is 13.3 Å². The normalized spacial score (nSPS) is 12.1. The average Bonchev–Trinajstić information content (AvgIpc) is 2.65. The molecule has 0 spiro atoms. The molecule has 1 N–H and O–H groups in total. The summed E-state index contributed by atoms with van der Waals surface area (Å²) < 4.78 is 31.0. The van der Waals surface area contributed by atoms with Gasteiger partial charge in [0, 0.05) is 23.9 Å². The third-order valence-electron chi connectivity index (χ3n) is 3.96. The highest BCUT2D eigenvalue weighted by atomic mass is 32.2. The lowest BCUT2D eigenvalue weighted by atomic mass is 10.1. The van der Waals surface area contributed by atoms with Crippen LogP contribution in [0.2, 0.25) is 0 Å². The number of hydrogen-bond donors (Lipinski definition) is 1. The summed E-state index contributed by atoms with van der Waals surface area (Å²) >= 11 is 0. The number of nitro benzene ring substituents is 1. The van der Waals surface area contributed by atoms with Crippen molar-refractivity contribution in [1.82, 2.24) is 0 Å². The molecule has 0 bridgehead atoms. The van der Waals surface area contributed by atoms with Crippen molar-refractivity contribution in [2.45, 2.75) is 19.4 Å². The molecule has 0 saturated heterocycles. The first-order valence-corrected chi connectivity index (χ1v) is 10.2. The first kappa shape index (κ1) is 21.2. The molecule has 0 radical (unpaired) electrons. The number of ether oxygens (including phenoxy) is 1. The van der Waals surface area contributed by atoms with E-state index in [2.05, 4.69) is 5.32 Å². The Kier molecular flexibility index (Phi) is 6.57. The van der Waals surface area contributed by atoms with E-state index in [4.69, 9.17) is 4.74 Å². The van der Waals surface area contributed by atoms with Crippen LogP contribution in [-0.4, -0.2) is 38.7 Å². The minimum atomic E-state index is -3.80. The minimum Gasteiger partial charge on any atom is -0.497 e. The lowest BCUT2D eigenvalue weighted by molar-refractivity contribution is -0.384. The maximum atomic E-state index is 12.8. The van der Waals surface area contributed by atoms with Crippen LogP contribution in [0, 0.1) is 10.1 Å². The van der Waals surface area contributed by atoms with Gasteiger partial charge in [-0.2, -0.15) is 0 Å². The number of methoxy groups -OCH3 is 1. The molecule has 0 aromatic heterocycles. The number of sulfonamides is 1. The van der Waals surface area contributed by atoms with Gasteiger partial charge >= 0.3 is 0 Å². The number of hydrogen-bond acceptors (Lipinski definition) is 6. The van der Waals surface area contributed by atoms with E-state index in [0.717, 1.165) is 10.6 Å². The molecule has 0 fully saturated rings. The van der Waals surface area contributed by atoms with Crippen molar-refractivity contribution in [2.24, 2.45) is 0 Å². The van der Waals surface area contributed by atoms with E-state index in [-0.39, 0.29) is 23.5 Å². The zero-order valence-electron chi connectivity index (χ0n) is 15.7. The Balaban J connectivity index is 2.39. The van der Waals surface area contributed by atoms with Gasteiger partial charge in [0.05, 0.1) is 24.0 Å². The lowest BCUT2D eigenvalue weighted by Crippen LogP contribution is -2.47. The maximum Gasteiger partial charge on any atom is 0.271 e. The molecule has 1 atom stereocenters. The van der Waals surface area contributed by atoms with Crippen LogP contribution in [0.3, 0.4) is 0 Å². The Morgan fingerprint density at radius 3 is 2.50 bits per heavy atom. The molecule has 2 rings (SSSR count). The van der Waals surface area contributed by atoms with E-state index in [1.54, 1.807) is 25.1 Å². The SMILES string of the molecule is CC[C@H](C(=O)Nc1cccc([N+](=O)[O-])c1)N(c1cccc(OC)c1)S(C)(=O)=O. The number of carbonyl (C=O) groups is 1. The molecule has 0 heterocycles. The Morgan fingerprint density at radius 1 is 1.25 bits per heavy atom. The second kappa shape index (κ2) is 8.70. The van der Waals surface area contributed by atoms with Gasteiger partial charge in [-0.3, -0.25) is 19.2 Å². The highest BCUT2D eigenvalue weighted by Crippen LogP contribution is 2.27. The molecule has 0 aliphatic carbocycles. The van der Waals surface area contributed by atoms with Gasteiger partial charge in [0.1, 0.15) is 11.8 Å². The van der Waals surface area contributed by atoms with Gasteiger partial charge < -0.3 is 10.1 Å². The number of amides is 1. The van der Waals surface area contributed by atoms with Gasteiger partial charge in [-0.25, -0.2) is 8.42 Å². The molecular weight excluding hydrogens is 386 g/mol. The predicted octanol–water partition coefficient (Wildman–Crippen LogP) is 2.79. The van der Waals surface area contributed by atoms with E-state index < -0.39 is 26.9 Å². The van der Waals surface area contributed by atoms with Crippen LogP contribution in [0.25, 0.3) is 0 Å². The standard InChI is InChI=1S/C18H21N3O6S/c1-4-17(18(22)19-13-7-5-9-15(11-13)21(23)24)20(28(3,25)26)14-8-6-10-16(12-14)27-2/h5-12,17H,4H2,1-3H3,(H,19,22)/t17-/m1/s1. The Labute approximate surface area is 163 Å². The molecule has 9 nitrogen and oxygen atoms in total. The number of benzene rings is 2. The van der Waals surface area contributed by atoms with E-state index in [1.165, 1.54) is 37.4 Å². The van der Waals surface area contributed by atoms with Crippen molar-refractivity contribution in [3.05, 3.63) is 58.6 Å². The van der Waals surface area contributed by atoms with Crippen molar-refractivity contribution >= 4 is 33.0 Å². The van der Waals surface area contributed by atoms with E-state index >= 15 is 0 Å². The molecule has 2 aromatic carbocycles. The van der Waals surface area contributed by atoms with E-state index in [0.29, 0.717) is 5.75 Å². The fourth-order valence-electron chi connectivity index (χ4n) is 2.73. The molecular formula is C18H21N3O6S. The highest BCUT2D eigenvalue weighted by Gasteiger charge is 2.32. The summed E-state index contributed by atoms with van der Waals surface area (Å²) in [6.45, 7) is 1.68. The largest absolute Gasteiger partial charge is 0.497 e. The highest BCUT2D eigenvalue weighted by molar-refractivity contribution is 7.92. The first-order chi connectivity index (χ1) is 13.2. The fraction of sp³-hybridized carbons (Fsp3) is 0.278. The topological polar surface area (TPSA) is 119 Å². The molecule has 0 unspecified atom stereocenters. The van der Waals surface area contributed by atoms with Gasteiger partial charge in [-0.15, -0.1) is 0 Å². The monoisotopic (exact) mass is 407 g/mol. The molecule has 2 aromatic rings. The molecule has 0 aliphatic rings. The summed E-state index contributed by atoms with van der Waals surface area (Å²) in [5, 5.41) is 13.5. The van der Waals surface area contributed by atoms with Gasteiger partial charge in [0.15, 0.2) is 0 Å². The Morgan fingerprint density at radius 2 is 1.93 bits per heavy atom. The molecule has 0 aliphatic heterocycles. The average molecular weight is 407 g/mol. The van der Waals surface area contributed by atoms with Gasteiger partial charge in [0.25, 0.3) is 5.69 Å². The fourth-order valence-corrected chi connectivity index (χ4v) is 3.93. The predicted molar refractivity (Wildman–Crippen MR) is 106 cm³/mol. The summed E-state index contributed by atoms with van der Waals surface area (Å²) in [6.07, 6.45) is 1.20. The summed E-state index contributed by atoms with van der Waals surface area (Å²) in [6, 6.07) is 10.7. The molecule has 0 saturated carbocycles. The first-order valence-electron chi connectivity index (χ1n) is 8.36. The molecule has 10 heteroatoms. The van der Waals surface area contributed by atoms with Gasteiger partial charge in [0.2, 0.25) is 15.9 Å². The molecule has 150 valence electrons. The summed E-state index contributed by atoms with van der Waals surface area (Å²) in [7, 11) is -2.35. The number of nitrogens with zero attached hydrogens (tertiary/aromatic N) is 2. The minimum absolute atomic E-state index is 0.182. The number of rotatable bonds is 8. The van der Waals surface area contributed by atoms with Crippen LogP contribution < -0.4 is 14.4 Å². The van der Waals surface area contributed by atoms with Crippen molar-refractivity contribution in [1.29, 1.82) is 0 Å². The zero-order valence-corrected chi connectivity index (χ0v) is 16.5. The summed E-state index contributed by atoms with van der Waals surface area (Å²) in [5.74, 6) is -0.156. The number of nitrogens with one attached hydrogen (secondary N) is 1. The van der Waals surface area contributed by atoms with Crippen molar-refractivity contribution < 1.29 is 22.9 Å². The van der Waals surface area contributed by atoms with Crippen LogP contribution in [0.15, 0.2) is 48.5 Å². The second-order valence-electron chi connectivity index (χ2n) is 5.98. The number of non-ortho nitro benzene ring substituents is 1. The van der Waals surface area contributed by atoms with Crippen LogP contribution in [0.5, 0.6) is 5.75 Å². The Hall–Kier alpha value is -3.14. The third kappa shape index (κ3) is 4.97. The zero-order chi connectivity index (χ0) is 20.9. The summed E-state index contributed by atoms with van der Waals surface area (Å²) in [5.41, 5.74) is 0.304. The number of nitro groups is 1. The number of carbonyl (C=O) groups excluding carboxylic acids is 1. The molecule has 28 heavy (non-hydrogen) atoms.